The number of likely N-dealkylation sites (tertiary alicyclic amines) is 1. The molecule has 3 heterocycles. The van der Waals surface area contributed by atoms with Crippen molar-refractivity contribution in [3.05, 3.63) is 35.2 Å². The van der Waals surface area contributed by atoms with Gasteiger partial charge in [-0.2, -0.15) is 0 Å². The van der Waals surface area contributed by atoms with Crippen LogP contribution in [0.15, 0.2) is 28.2 Å². The summed E-state index contributed by atoms with van der Waals surface area (Å²) in [5, 5.41) is 4.95. The number of amides is 3. The molecule has 30 heavy (non-hydrogen) atoms. The molecular weight excluding hydrogens is 404 g/mol. The fourth-order valence-electron chi connectivity index (χ4n) is 3.38. The molecule has 0 bridgehead atoms. The van der Waals surface area contributed by atoms with E-state index in [1.807, 2.05) is 11.8 Å². The second kappa shape index (κ2) is 10.4. The lowest BCUT2D eigenvalue weighted by Crippen LogP contribution is -2.39. The van der Waals surface area contributed by atoms with Crippen LogP contribution in [-0.4, -0.2) is 58.7 Å². The topological polar surface area (TPSA) is 95.8 Å². The Balaban J connectivity index is 1.52. The van der Waals surface area contributed by atoms with E-state index in [0.29, 0.717) is 23.3 Å². The normalized spacial score (nSPS) is 14.5. The number of carbonyl (C=O) groups is 3. The summed E-state index contributed by atoms with van der Waals surface area (Å²) in [5.74, 6) is 0.294. The number of thiazole rings is 1. The van der Waals surface area contributed by atoms with Crippen molar-refractivity contribution in [2.75, 3.05) is 31.5 Å². The summed E-state index contributed by atoms with van der Waals surface area (Å²) in [5.41, 5.74) is 0.649. The van der Waals surface area contributed by atoms with Crippen LogP contribution in [0.1, 0.15) is 49.4 Å². The summed E-state index contributed by atoms with van der Waals surface area (Å²) in [7, 11) is 0. The molecule has 2 aromatic heterocycles. The van der Waals surface area contributed by atoms with E-state index >= 15 is 0 Å². The average molecular weight is 433 g/mol. The summed E-state index contributed by atoms with van der Waals surface area (Å²) < 4.78 is 5.15. The van der Waals surface area contributed by atoms with Gasteiger partial charge in [-0.25, -0.2) is 4.98 Å². The number of nitrogens with one attached hydrogen (secondary N) is 1. The lowest BCUT2D eigenvalue weighted by Gasteiger charge is -2.30. The van der Waals surface area contributed by atoms with Crippen LogP contribution in [-0.2, 0) is 16.0 Å². The van der Waals surface area contributed by atoms with E-state index in [9.17, 15) is 14.4 Å². The molecule has 0 unspecified atom stereocenters. The van der Waals surface area contributed by atoms with E-state index < -0.39 is 0 Å². The number of aromatic nitrogens is 1. The van der Waals surface area contributed by atoms with Crippen molar-refractivity contribution in [2.45, 2.75) is 39.5 Å². The van der Waals surface area contributed by atoms with Crippen LogP contribution in [0.2, 0.25) is 0 Å². The molecule has 0 radical (unpaired) electrons. The summed E-state index contributed by atoms with van der Waals surface area (Å²) >= 11 is 1.28. The second-order valence-electron chi connectivity index (χ2n) is 7.64. The van der Waals surface area contributed by atoms with Crippen molar-refractivity contribution in [3.8, 4) is 0 Å². The van der Waals surface area contributed by atoms with Gasteiger partial charge in [0.15, 0.2) is 10.9 Å². The van der Waals surface area contributed by atoms with Gasteiger partial charge in [-0.1, -0.05) is 13.8 Å². The zero-order valence-electron chi connectivity index (χ0n) is 17.4. The Bertz CT molecular complexity index is 856. The smallest absolute Gasteiger partial charge is 0.290 e. The third-order valence-electron chi connectivity index (χ3n) is 5.11. The Morgan fingerprint density at radius 3 is 2.77 bits per heavy atom. The predicted molar refractivity (Wildman–Crippen MR) is 114 cm³/mol. The summed E-state index contributed by atoms with van der Waals surface area (Å²) in [6.07, 6.45) is 4.46. The molecular formula is C21H28N4O4S. The van der Waals surface area contributed by atoms with Gasteiger partial charge in [-0.15, -0.1) is 11.3 Å². The first-order valence-electron chi connectivity index (χ1n) is 10.3. The van der Waals surface area contributed by atoms with E-state index in [-0.39, 0.29) is 36.4 Å². The molecule has 1 aliphatic heterocycles. The van der Waals surface area contributed by atoms with Crippen LogP contribution in [0.3, 0.4) is 0 Å². The van der Waals surface area contributed by atoms with Crippen LogP contribution in [0.4, 0.5) is 5.13 Å². The standard InChI is InChI=1S/C21H28N4O4S/c1-3-8-25(20(28)17-5-4-11-29-17)13-18(26)23-21-22-16(14-30-21)12-19(27)24-9-6-15(2)7-10-24/h4-5,11,14-15H,3,6-10,12-13H2,1-2H3,(H,22,23,26). The van der Waals surface area contributed by atoms with Crippen molar-refractivity contribution in [1.29, 1.82) is 0 Å². The van der Waals surface area contributed by atoms with Crippen molar-refractivity contribution in [1.82, 2.24) is 14.8 Å². The molecule has 3 amide bonds. The van der Waals surface area contributed by atoms with Crippen LogP contribution in [0, 0.1) is 5.92 Å². The second-order valence-corrected chi connectivity index (χ2v) is 8.49. The van der Waals surface area contributed by atoms with E-state index in [4.69, 9.17) is 4.42 Å². The lowest BCUT2D eigenvalue weighted by molar-refractivity contribution is -0.131. The minimum absolute atomic E-state index is 0.0724. The van der Waals surface area contributed by atoms with E-state index in [1.54, 1.807) is 17.5 Å². The Labute approximate surface area is 180 Å². The molecule has 1 aliphatic rings. The van der Waals surface area contributed by atoms with Gasteiger partial charge in [-0.05, 0) is 37.3 Å². The van der Waals surface area contributed by atoms with Crippen molar-refractivity contribution >= 4 is 34.2 Å². The maximum Gasteiger partial charge on any atom is 0.290 e. The first-order chi connectivity index (χ1) is 14.5. The van der Waals surface area contributed by atoms with Crippen molar-refractivity contribution < 1.29 is 18.8 Å². The minimum atomic E-state index is -0.333. The van der Waals surface area contributed by atoms with Gasteiger partial charge in [0, 0.05) is 25.0 Å². The summed E-state index contributed by atoms with van der Waals surface area (Å²) in [6.45, 7) is 6.09. The fourth-order valence-corrected chi connectivity index (χ4v) is 4.11. The minimum Gasteiger partial charge on any atom is -0.459 e. The Morgan fingerprint density at radius 2 is 2.10 bits per heavy atom. The van der Waals surface area contributed by atoms with Gasteiger partial charge in [0.1, 0.15) is 6.54 Å². The van der Waals surface area contributed by atoms with Gasteiger partial charge < -0.3 is 19.5 Å². The van der Waals surface area contributed by atoms with Crippen LogP contribution in [0.5, 0.6) is 0 Å². The number of rotatable bonds is 8. The number of anilines is 1. The van der Waals surface area contributed by atoms with Crippen molar-refractivity contribution in [2.24, 2.45) is 5.92 Å². The van der Waals surface area contributed by atoms with Crippen LogP contribution in [0.25, 0.3) is 0 Å². The van der Waals surface area contributed by atoms with Crippen molar-refractivity contribution in [3.63, 3.8) is 0 Å². The molecule has 8 nitrogen and oxygen atoms in total. The van der Waals surface area contributed by atoms with E-state index in [1.165, 1.54) is 22.5 Å². The summed E-state index contributed by atoms with van der Waals surface area (Å²) in [4.78, 5) is 45.1. The molecule has 0 atom stereocenters. The molecule has 0 saturated carbocycles. The number of piperidine rings is 1. The third kappa shape index (κ3) is 5.91. The number of carbonyl (C=O) groups excluding carboxylic acids is 3. The molecule has 3 rings (SSSR count). The lowest BCUT2D eigenvalue weighted by atomic mass is 9.99. The highest BCUT2D eigenvalue weighted by Gasteiger charge is 2.22. The van der Waals surface area contributed by atoms with E-state index in [0.717, 1.165) is 32.4 Å². The molecule has 2 aromatic rings. The first-order valence-corrected chi connectivity index (χ1v) is 11.2. The maximum absolute atomic E-state index is 12.5. The van der Waals surface area contributed by atoms with Gasteiger partial charge >= 0.3 is 0 Å². The largest absolute Gasteiger partial charge is 0.459 e. The predicted octanol–water partition coefficient (Wildman–Crippen LogP) is 3.03. The first kappa shape index (κ1) is 22.0. The fraction of sp³-hybridized carbons (Fsp3) is 0.524. The Morgan fingerprint density at radius 1 is 1.33 bits per heavy atom. The Hall–Kier alpha value is -2.68. The third-order valence-corrected chi connectivity index (χ3v) is 5.92. The van der Waals surface area contributed by atoms with Crippen LogP contribution < -0.4 is 5.32 Å². The molecule has 162 valence electrons. The van der Waals surface area contributed by atoms with Gasteiger partial charge in [0.05, 0.1) is 18.4 Å². The number of furan rings is 1. The number of hydrogen-bond donors (Lipinski definition) is 1. The molecule has 1 saturated heterocycles. The van der Waals surface area contributed by atoms with Gasteiger partial charge in [-0.3, -0.25) is 14.4 Å². The van der Waals surface area contributed by atoms with Gasteiger partial charge in [0.2, 0.25) is 11.8 Å². The Kier molecular flexibility index (Phi) is 7.62. The number of hydrogen-bond acceptors (Lipinski definition) is 6. The zero-order chi connectivity index (χ0) is 21.5. The quantitative estimate of drug-likeness (QED) is 0.692. The number of nitrogens with zero attached hydrogens (tertiary/aromatic N) is 3. The highest BCUT2D eigenvalue weighted by atomic mass is 32.1. The molecule has 0 aliphatic carbocycles. The molecule has 0 spiro atoms. The highest BCUT2D eigenvalue weighted by Crippen LogP contribution is 2.19. The molecule has 1 N–H and O–H groups in total. The van der Waals surface area contributed by atoms with Gasteiger partial charge in [0.25, 0.3) is 5.91 Å². The average Bonchev–Trinajstić information content (AvgIpc) is 3.40. The molecule has 1 fully saturated rings. The zero-order valence-corrected chi connectivity index (χ0v) is 18.2. The molecule has 9 heteroatoms. The van der Waals surface area contributed by atoms with Crippen LogP contribution >= 0.6 is 11.3 Å². The summed E-state index contributed by atoms with van der Waals surface area (Å²) in [6, 6.07) is 3.22. The monoisotopic (exact) mass is 432 g/mol. The maximum atomic E-state index is 12.5. The molecule has 0 aromatic carbocycles. The van der Waals surface area contributed by atoms with E-state index in [2.05, 4.69) is 17.2 Å². The SMILES string of the molecule is CCCN(CC(=O)Nc1nc(CC(=O)N2CCC(C)CC2)cs1)C(=O)c1ccco1. The highest BCUT2D eigenvalue weighted by molar-refractivity contribution is 7.13.